The van der Waals surface area contributed by atoms with Crippen LogP contribution >= 0.6 is 11.9 Å². The molecule has 1 heterocycles. The van der Waals surface area contributed by atoms with Gasteiger partial charge >= 0.3 is 0 Å². The Balaban J connectivity index is 2.64. The molecule has 0 aromatic carbocycles. The molecule has 1 atom stereocenters. The van der Waals surface area contributed by atoms with E-state index in [1.54, 1.807) is 11.5 Å². The average Bonchev–Trinajstić information content (AvgIpc) is 1.77. The molecule has 9 heavy (non-hydrogen) atoms. The number of hydrogen-bond donors (Lipinski definition) is 3. The largest absolute Gasteiger partial charge is 0.360 e. The molecule has 0 saturated carbocycles. The maximum atomic E-state index is 9.02. The van der Waals surface area contributed by atoms with E-state index in [1.165, 1.54) is 0 Å². The van der Waals surface area contributed by atoms with Crippen LogP contribution in [0.1, 0.15) is 6.42 Å². The van der Waals surface area contributed by atoms with Crippen LogP contribution in [-0.2, 0) is 0 Å². The van der Waals surface area contributed by atoms with E-state index in [0.29, 0.717) is 4.47 Å². The summed E-state index contributed by atoms with van der Waals surface area (Å²) in [5.41, 5.74) is 5.18. The van der Waals surface area contributed by atoms with Crippen LogP contribution in [0, 0.1) is 0 Å². The molecule has 0 aliphatic carbocycles. The van der Waals surface area contributed by atoms with Crippen LogP contribution in [0.2, 0.25) is 0 Å². The van der Waals surface area contributed by atoms with Crippen LogP contribution in [0.4, 0.5) is 0 Å². The van der Waals surface area contributed by atoms with Crippen molar-refractivity contribution in [1.82, 2.24) is 4.47 Å². The number of hydroxylamine groups is 1. The lowest BCUT2D eigenvalue weighted by atomic mass is 10.3. The molecule has 4 N–H and O–H groups in total. The fourth-order valence-electron chi connectivity index (χ4n) is 0.492. The van der Waals surface area contributed by atoms with Gasteiger partial charge in [-0.25, -0.2) is 0 Å². The third-order valence-electron chi connectivity index (χ3n) is 1.01. The molecule has 0 amide bonds. The molecule has 0 radical (unpaired) electrons. The van der Waals surface area contributed by atoms with Crippen LogP contribution in [-0.4, -0.2) is 20.6 Å². The monoisotopic (exact) mass is 148 g/mol. The summed E-state index contributed by atoms with van der Waals surface area (Å²) >= 11 is 0.958. The Labute approximate surface area is 57.0 Å². The van der Waals surface area contributed by atoms with Crippen LogP contribution < -0.4 is 5.73 Å². The van der Waals surface area contributed by atoms with Crippen molar-refractivity contribution in [2.75, 3.05) is 0 Å². The minimum atomic E-state index is -1.60. The SMILES string of the molecule is NC1(O)CC=CSN1O. The zero-order chi connectivity index (χ0) is 6.91. The van der Waals surface area contributed by atoms with Crippen molar-refractivity contribution < 1.29 is 10.3 Å². The first kappa shape index (κ1) is 7.04. The number of nitrogens with two attached hydrogens (primary N) is 1. The second kappa shape index (κ2) is 2.28. The molecule has 1 rings (SSSR count). The summed E-state index contributed by atoms with van der Waals surface area (Å²) in [6, 6.07) is 0. The Morgan fingerprint density at radius 1 is 1.78 bits per heavy atom. The van der Waals surface area contributed by atoms with Crippen molar-refractivity contribution in [3.8, 4) is 0 Å². The van der Waals surface area contributed by atoms with Crippen molar-refractivity contribution in [3.05, 3.63) is 11.5 Å². The number of hydrogen-bond acceptors (Lipinski definition) is 5. The van der Waals surface area contributed by atoms with Gasteiger partial charge in [0.25, 0.3) is 0 Å². The normalized spacial score (nSPS) is 37.2. The maximum Gasteiger partial charge on any atom is 0.208 e. The molecular formula is C4H8N2O2S. The Morgan fingerprint density at radius 2 is 2.44 bits per heavy atom. The molecule has 52 valence electrons. The average molecular weight is 148 g/mol. The van der Waals surface area contributed by atoms with E-state index in [1.807, 2.05) is 0 Å². The predicted octanol–water partition coefficient (Wildman–Crippen LogP) is -0.152. The minimum Gasteiger partial charge on any atom is -0.360 e. The van der Waals surface area contributed by atoms with E-state index in [4.69, 9.17) is 16.0 Å². The Hall–Kier alpha value is -0.0700. The summed E-state index contributed by atoms with van der Waals surface area (Å²) in [5, 5.41) is 19.5. The van der Waals surface area contributed by atoms with E-state index in [9.17, 15) is 0 Å². The van der Waals surface area contributed by atoms with Gasteiger partial charge in [-0.2, -0.15) is 0 Å². The Morgan fingerprint density at radius 3 is 2.78 bits per heavy atom. The van der Waals surface area contributed by atoms with Gasteiger partial charge in [-0.05, 0) is 17.4 Å². The highest BCUT2D eigenvalue weighted by Gasteiger charge is 2.29. The molecule has 1 aliphatic heterocycles. The van der Waals surface area contributed by atoms with Crippen molar-refractivity contribution in [1.29, 1.82) is 0 Å². The van der Waals surface area contributed by atoms with Gasteiger partial charge in [0, 0.05) is 6.42 Å². The van der Waals surface area contributed by atoms with Crippen LogP contribution in [0.25, 0.3) is 0 Å². The third-order valence-corrected chi connectivity index (χ3v) is 1.84. The van der Waals surface area contributed by atoms with E-state index in [-0.39, 0.29) is 6.42 Å². The predicted molar refractivity (Wildman–Crippen MR) is 34.1 cm³/mol. The molecule has 1 aliphatic rings. The lowest BCUT2D eigenvalue weighted by Gasteiger charge is -2.30. The fourth-order valence-corrected chi connectivity index (χ4v) is 1.05. The van der Waals surface area contributed by atoms with Gasteiger partial charge in [0.15, 0.2) is 0 Å². The van der Waals surface area contributed by atoms with Crippen LogP contribution in [0.5, 0.6) is 0 Å². The molecule has 1 unspecified atom stereocenters. The van der Waals surface area contributed by atoms with E-state index < -0.39 is 5.85 Å². The molecule has 5 heteroatoms. The maximum absolute atomic E-state index is 9.02. The highest BCUT2D eigenvalue weighted by atomic mass is 32.2. The first-order chi connectivity index (χ1) is 4.13. The summed E-state index contributed by atoms with van der Waals surface area (Å²) in [5.74, 6) is -1.60. The van der Waals surface area contributed by atoms with Gasteiger partial charge in [0.05, 0.1) is 0 Å². The van der Waals surface area contributed by atoms with E-state index in [2.05, 4.69) is 0 Å². The standard InChI is InChI=1S/C4H8N2O2S/c5-4(7)2-1-3-9-6(4)8/h1,3,7-8H,2,5H2. The number of aliphatic hydroxyl groups is 1. The molecule has 0 saturated heterocycles. The number of nitrogens with zero attached hydrogens (tertiary/aromatic N) is 1. The molecule has 0 aromatic rings. The lowest BCUT2D eigenvalue weighted by molar-refractivity contribution is -0.188. The second-order valence-electron chi connectivity index (χ2n) is 1.83. The topological polar surface area (TPSA) is 69.7 Å². The fraction of sp³-hybridized carbons (Fsp3) is 0.500. The summed E-state index contributed by atoms with van der Waals surface area (Å²) in [6.45, 7) is 0. The highest BCUT2D eigenvalue weighted by Crippen LogP contribution is 2.24. The van der Waals surface area contributed by atoms with Crippen LogP contribution in [0.3, 0.4) is 0 Å². The molecule has 0 bridgehead atoms. The van der Waals surface area contributed by atoms with Gasteiger partial charge in [-0.15, -0.1) is 0 Å². The van der Waals surface area contributed by atoms with Crippen LogP contribution in [0.15, 0.2) is 11.5 Å². The van der Waals surface area contributed by atoms with E-state index >= 15 is 0 Å². The van der Waals surface area contributed by atoms with Crippen molar-refractivity contribution in [2.24, 2.45) is 5.73 Å². The molecule has 0 aromatic heterocycles. The quantitative estimate of drug-likeness (QED) is 0.329. The van der Waals surface area contributed by atoms with Gasteiger partial charge in [0.2, 0.25) is 5.85 Å². The molecule has 0 fully saturated rings. The first-order valence-corrected chi connectivity index (χ1v) is 3.29. The zero-order valence-electron chi connectivity index (χ0n) is 4.69. The summed E-state index contributed by atoms with van der Waals surface area (Å²) in [7, 11) is 0. The summed E-state index contributed by atoms with van der Waals surface area (Å²) < 4.78 is 0.618. The van der Waals surface area contributed by atoms with Gasteiger partial charge in [0.1, 0.15) is 0 Å². The molecule has 0 spiro atoms. The molecule has 4 nitrogen and oxygen atoms in total. The number of rotatable bonds is 0. The first-order valence-electron chi connectivity index (χ1n) is 2.45. The van der Waals surface area contributed by atoms with Crippen molar-refractivity contribution in [2.45, 2.75) is 12.3 Å². The second-order valence-corrected chi connectivity index (χ2v) is 2.66. The van der Waals surface area contributed by atoms with E-state index in [0.717, 1.165) is 11.9 Å². The minimum absolute atomic E-state index is 0.247. The highest BCUT2D eigenvalue weighted by molar-refractivity contribution is 7.99. The Kier molecular flexibility index (Phi) is 1.78. The van der Waals surface area contributed by atoms with Crippen molar-refractivity contribution in [3.63, 3.8) is 0 Å². The van der Waals surface area contributed by atoms with Gasteiger partial charge in [-0.3, -0.25) is 10.9 Å². The molecular weight excluding hydrogens is 140 g/mol. The lowest BCUT2D eigenvalue weighted by Crippen LogP contribution is -2.51. The zero-order valence-corrected chi connectivity index (χ0v) is 5.51. The summed E-state index contributed by atoms with van der Waals surface area (Å²) in [6.07, 6.45) is 1.94. The Bertz CT molecular complexity index is 137. The van der Waals surface area contributed by atoms with Gasteiger partial charge in [-0.1, -0.05) is 10.5 Å². The smallest absolute Gasteiger partial charge is 0.208 e. The third kappa shape index (κ3) is 1.44. The van der Waals surface area contributed by atoms with Gasteiger partial charge < -0.3 is 5.11 Å². The van der Waals surface area contributed by atoms with Crippen molar-refractivity contribution >= 4 is 11.9 Å². The summed E-state index contributed by atoms with van der Waals surface area (Å²) in [4.78, 5) is 0.